The van der Waals surface area contributed by atoms with Crippen LogP contribution in [0.5, 0.6) is 0 Å². The molecule has 1 fully saturated rings. The van der Waals surface area contributed by atoms with Crippen LogP contribution in [-0.2, 0) is 4.79 Å². The molecule has 3 atom stereocenters. The normalized spacial score (nSPS) is 32.1. The van der Waals surface area contributed by atoms with Crippen LogP contribution in [0.2, 0.25) is 0 Å². The lowest BCUT2D eigenvalue weighted by Gasteiger charge is -2.17. The Kier molecular flexibility index (Phi) is 1.83. The van der Waals surface area contributed by atoms with Crippen LogP contribution in [0.1, 0.15) is 12.8 Å². The maximum Gasteiger partial charge on any atom is 0.242 e. The van der Waals surface area contributed by atoms with Gasteiger partial charge in [-0.3, -0.25) is 10.2 Å². The highest BCUT2D eigenvalue weighted by Gasteiger charge is 2.39. The highest BCUT2D eigenvalue weighted by Crippen LogP contribution is 2.43. The van der Waals surface area contributed by atoms with Crippen molar-refractivity contribution in [2.75, 3.05) is 5.43 Å². The Hall–Kier alpha value is -1.65. The van der Waals surface area contributed by atoms with Crippen molar-refractivity contribution in [1.82, 2.24) is 14.9 Å². The Morgan fingerprint density at radius 1 is 1.27 bits per heavy atom. The summed E-state index contributed by atoms with van der Waals surface area (Å²) in [6, 6.07) is 0. The van der Waals surface area contributed by atoms with Crippen molar-refractivity contribution in [3.8, 4) is 0 Å². The average molecular weight is 204 g/mol. The molecular formula is C10H12N4O. The molecule has 3 unspecified atom stereocenters. The van der Waals surface area contributed by atoms with E-state index < -0.39 is 0 Å². The molecule has 2 bridgehead atoms. The van der Waals surface area contributed by atoms with E-state index in [1.165, 1.54) is 17.3 Å². The van der Waals surface area contributed by atoms with Gasteiger partial charge in [-0.05, 0) is 24.7 Å². The minimum Gasteiger partial charge on any atom is -0.273 e. The molecule has 5 heteroatoms. The Balaban J connectivity index is 1.68. The van der Waals surface area contributed by atoms with E-state index in [0.29, 0.717) is 11.8 Å². The van der Waals surface area contributed by atoms with Crippen molar-refractivity contribution in [2.24, 2.45) is 17.8 Å². The second-order valence-electron chi connectivity index (χ2n) is 4.23. The minimum absolute atomic E-state index is 0.0756. The summed E-state index contributed by atoms with van der Waals surface area (Å²) in [6.45, 7) is 0. The fourth-order valence-electron chi connectivity index (χ4n) is 2.55. The molecule has 2 aliphatic rings. The number of amides is 1. The van der Waals surface area contributed by atoms with Gasteiger partial charge in [-0.2, -0.15) is 0 Å². The number of nitrogens with zero attached hydrogens (tertiary/aromatic N) is 3. The number of hydrogen-bond acceptors (Lipinski definition) is 3. The molecule has 1 N–H and O–H groups in total. The van der Waals surface area contributed by atoms with E-state index in [9.17, 15) is 4.79 Å². The molecule has 3 rings (SSSR count). The molecule has 0 aromatic carbocycles. The number of carbonyl (C=O) groups is 1. The number of fused-ring (bicyclic) bond motifs is 2. The van der Waals surface area contributed by atoms with Crippen molar-refractivity contribution in [3.05, 3.63) is 24.8 Å². The van der Waals surface area contributed by atoms with Crippen LogP contribution in [0.15, 0.2) is 24.8 Å². The molecule has 2 aliphatic carbocycles. The summed E-state index contributed by atoms with van der Waals surface area (Å²) in [5, 5.41) is 7.27. The first-order chi connectivity index (χ1) is 7.33. The molecule has 0 radical (unpaired) electrons. The summed E-state index contributed by atoms with van der Waals surface area (Å²) < 4.78 is 1.50. The first-order valence-corrected chi connectivity index (χ1v) is 5.17. The number of nitrogens with one attached hydrogen (secondary N) is 1. The van der Waals surface area contributed by atoms with E-state index in [1.807, 2.05) is 0 Å². The van der Waals surface area contributed by atoms with Crippen molar-refractivity contribution < 1.29 is 4.79 Å². The maximum absolute atomic E-state index is 11.9. The summed E-state index contributed by atoms with van der Waals surface area (Å²) in [4.78, 5) is 11.9. The van der Waals surface area contributed by atoms with Gasteiger partial charge in [0.2, 0.25) is 5.91 Å². The fraction of sp³-hybridized carbons (Fsp3) is 0.500. The molecule has 1 saturated carbocycles. The van der Waals surface area contributed by atoms with E-state index in [-0.39, 0.29) is 11.8 Å². The summed E-state index contributed by atoms with van der Waals surface area (Å²) in [5.41, 5.74) is 2.77. The summed E-state index contributed by atoms with van der Waals surface area (Å²) in [7, 11) is 0. The zero-order valence-corrected chi connectivity index (χ0v) is 8.21. The molecule has 0 saturated heterocycles. The van der Waals surface area contributed by atoms with Gasteiger partial charge in [0, 0.05) is 5.92 Å². The van der Waals surface area contributed by atoms with Gasteiger partial charge in [0.25, 0.3) is 0 Å². The molecule has 0 spiro atoms. The number of aromatic nitrogens is 3. The molecule has 5 nitrogen and oxygen atoms in total. The van der Waals surface area contributed by atoms with Crippen molar-refractivity contribution in [2.45, 2.75) is 12.8 Å². The van der Waals surface area contributed by atoms with Crippen LogP contribution < -0.4 is 5.43 Å². The molecule has 78 valence electrons. The topological polar surface area (TPSA) is 59.8 Å². The first-order valence-electron chi connectivity index (χ1n) is 5.17. The highest BCUT2D eigenvalue weighted by molar-refractivity contribution is 5.86. The van der Waals surface area contributed by atoms with Gasteiger partial charge >= 0.3 is 0 Å². The average Bonchev–Trinajstić information content (AvgIpc) is 2.93. The summed E-state index contributed by atoms with van der Waals surface area (Å²) >= 11 is 0. The monoisotopic (exact) mass is 204 g/mol. The van der Waals surface area contributed by atoms with Crippen LogP contribution in [0.4, 0.5) is 0 Å². The Labute approximate surface area is 87.2 Å². The third kappa shape index (κ3) is 1.44. The highest BCUT2D eigenvalue weighted by atomic mass is 16.2. The fourth-order valence-corrected chi connectivity index (χ4v) is 2.55. The largest absolute Gasteiger partial charge is 0.273 e. The molecule has 0 aliphatic heterocycles. The van der Waals surface area contributed by atoms with Crippen molar-refractivity contribution in [1.29, 1.82) is 0 Å². The second kappa shape index (κ2) is 3.18. The SMILES string of the molecule is O=C(Nn1cnnc1)C1CC2C=CC1C2. The molecule has 15 heavy (non-hydrogen) atoms. The molecule has 1 amide bonds. The lowest BCUT2D eigenvalue weighted by Crippen LogP contribution is -2.31. The van der Waals surface area contributed by atoms with Gasteiger partial charge in [0.05, 0.1) is 0 Å². The number of rotatable bonds is 2. The molecule has 1 aromatic rings. The second-order valence-corrected chi connectivity index (χ2v) is 4.23. The van der Waals surface area contributed by atoms with Crippen molar-refractivity contribution in [3.63, 3.8) is 0 Å². The van der Waals surface area contributed by atoms with Gasteiger partial charge in [-0.25, -0.2) is 4.68 Å². The van der Waals surface area contributed by atoms with E-state index in [4.69, 9.17) is 0 Å². The van der Waals surface area contributed by atoms with Crippen LogP contribution in [0.25, 0.3) is 0 Å². The maximum atomic E-state index is 11.9. The summed E-state index contributed by atoms with van der Waals surface area (Å²) in [5.74, 6) is 1.26. The molecule has 1 heterocycles. The van der Waals surface area contributed by atoms with Crippen LogP contribution in [0.3, 0.4) is 0 Å². The van der Waals surface area contributed by atoms with Crippen LogP contribution in [0, 0.1) is 17.8 Å². The lowest BCUT2D eigenvalue weighted by molar-refractivity contribution is -0.121. The number of hydrogen-bond donors (Lipinski definition) is 1. The van der Waals surface area contributed by atoms with E-state index in [0.717, 1.165) is 12.8 Å². The smallest absolute Gasteiger partial charge is 0.242 e. The van der Waals surface area contributed by atoms with Gasteiger partial charge in [0.15, 0.2) is 0 Å². The standard InChI is InChI=1S/C10H12N4O/c15-10(13-14-5-11-12-6-14)9-4-7-1-2-8(9)3-7/h1-2,5-9H,3-4H2,(H,13,15). The number of carbonyl (C=O) groups excluding carboxylic acids is 1. The third-order valence-corrected chi connectivity index (χ3v) is 3.27. The quantitative estimate of drug-likeness (QED) is 0.716. The third-order valence-electron chi connectivity index (χ3n) is 3.27. The Bertz CT molecular complexity index is 398. The van der Waals surface area contributed by atoms with E-state index in [1.54, 1.807) is 0 Å². The van der Waals surface area contributed by atoms with E-state index in [2.05, 4.69) is 27.8 Å². The summed E-state index contributed by atoms with van der Waals surface area (Å²) in [6.07, 6.45) is 9.50. The minimum atomic E-state index is 0.0756. The van der Waals surface area contributed by atoms with Gasteiger partial charge < -0.3 is 0 Å². The predicted molar refractivity (Wildman–Crippen MR) is 53.2 cm³/mol. The Morgan fingerprint density at radius 2 is 2.07 bits per heavy atom. The lowest BCUT2D eigenvalue weighted by atomic mass is 9.93. The van der Waals surface area contributed by atoms with Gasteiger partial charge in [-0.15, -0.1) is 10.2 Å². The zero-order chi connectivity index (χ0) is 10.3. The molecule has 1 aromatic heterocycles. The number of allylic oxidation sites excluding steroid dienone is 2. The first kappa shape index (κ1) is 8.64. The predicted octanol–water partition coefficient (Wildman–Crippen LogP) is 0.560. The van der Waals surface area contributed by atoms with Gasteiger partial charge in [-0.1, -0.05) is 12.2 Å². The Morgan fingerprint density at radius 3 is 2.67 bits per heavy atom. The van der Waals surface area contributed by atoms with Crippen molar-refractivity contribution >= 4 is 5.91 Å². The van der Waals surface area contributed by atoms with Crippen LogP contribution >= 0.6 is 0 Å². The van der Waals surface area contributed by atoms with Crippen LogP contribution in [-0.4, -0.2) is 20.8 Å². The van der Waals surface area contributed by atoms with Gasteiger partial charge in [0.1, 0.15) is 12.7 Å². The van der Waals surface area contributed by atoms with E-state index >= 15 is 0 Å². The zero-order valence-electron chi connectivity index (χ0n) is 8.21. The molecular weight excluding hydrogens is 192 g/mol.